The summed E-state index contributed by atoms with van der Waals surface area (Å²) in [5, 5.41) is 6.76. The predicted molar refractivity (Wildman–Crippen MR) is 115 cm³/mol. The van der Waals surface area contributed by atoms with Gasteiger partial charge in [-0.3, -0.25) is 9.59 Å². The molecule has 0 saturated carbocycles. The van der Waals surface area contributed by atoms with E-state index >= 15 is 0 Å². The van der Waals surface area contributed by atoms with Gasteiger partial charge in [0.2, 0.25) is 5.91 Å². The molecule has 1 saturated heterocycles. The Hall–Kier alpha value is -2.62. The minimum absolute atomic E-state index is 0.0617. The average molecular weight is 449 g/mol. The number of nitrogens with one attached hydrogen (secondary N) is 2. The molecule has 1 aliphatic heterocycles. The summed E-state index contributed by atoms with van der Waals surface area (Å²) in [4.78, 5) is 40.0. The number of aryl methyl sites for hydroxylation is 1. The monoisotopic (exact) mass is 448 g/mol. The lowest BCUT2D eigenvalue weighted by molar-refractivity contribution is -0.125. The second-order valence-electron chi connectivity index (χ2n) is 7.13. The fraction of sp³-hybridized carbons (Fsp3) is 0.350. The Bertz CT molecular complexity index is 991. The lowest BCUT2D eigenvalue weighted by Gasteiger charge is -2.33. The number of carbonyl (C=O) groups excluding carboxylic acids is 3. The second kappa shape index (κ2) is 8.63. The van der Waals surface area contributed by atoms with Crippen molar-refractivity contribution in [1.29, 1.82) is 0 Å². The van der Waals surface area contributed by atoms with Crippen LogP contribution in [-0.2, 0) is 22.4 Å². The molecule has 4 rings (SSSR count). The van der Waals surface area contributed by atoms with Crippen molar-refractivity contribution in [3.63, 3.8) is 0 Å². The molecule has 0 radical (unpaired) electrons. The number of halogens is 1. The van der Waals surface area contributed by atoms with Crippen molar-refractivity contribution in [2.75, 3.05) is 30.4 Å². The van der Waals surface area contributed by atoms with Gasteiger partial charge in [0.1, 0.15) is 11.0 Å². The van der Waals surface area contributed by atoms with Crippen LogP contribution in [0.2, 0.25) is 5.02 Å². The number of primary amides is 1. The number of carbonyl (C=O) groups is 3. The third-order valence-corrected chi connectivity index (χ3v) is 6.66. The van der Waals surface area contributed by atoms with Gasteiger partial charge in [-0.05, 0) is 49.1 Å². The van der Waals surface area contributed by atoms with E-state index in [0.29, 0.717) is 27.9 Å². The van der Waals surface area contributed by atoms with Crippen LogP contribution in [-0.4, -0.2) is 48.5 Å². The number of hydrogen-bond donors (Lipinski definition) is 3. The van der Waals surface area contributed by atoms with Crippen LogP contribution in [0.3, 0.4) is 0 Å². The maximum atomic E-state index is 13.1. The highest BCUT2D eigenvalue weighted by molar-refractivity contribution is 7.17. The Morgan fingerprint density at radius 1 is 1.17 bits per heavy atom. The normalized spacial score (nSPS) is 18.0. The fourth-order valence-electron chi connectivity index (χ4n) is 3.74. The van der Waals surface area contributed by atoms with Gasteiger partial charge in [0.05, 0.1) is 18.8 Å². The summed E-state index contributed by atoms with van der Waals surface area (Å²) >= 11 is 7.31. The van der Waals surface area contributed by atoms with Crippen molar-refractivity contribution in [2.24, 2.45) is 5.73 Å². The number of fused-ring (bicyclic) bond motifs is 1. The number of urea groups is 1. The smallest absolute Gasteiger partial charge is 0.315 e. The molecule has 4 N–H and O–H groups in total. The Kier molecular flexibility index (Phi) is 5.94. The summed E-state index contributed by atoms with van der Waals surface area (Å²) in [7, 11) is 0. The molecule has 158 valence electrons. The van der Waals surface area contributed by atoms with Crippen LogP contribution >= 0.6 is 22.9 Å². The molecule has 1 unspecified atom stereocenters. The van der Waals surface area contributed by atoms with Crippen LogP contribution in [0, 0.1) is 0 Å². The number of rotatable bonds is 4. The van der Waals surface area contributed by atoms with Crippen LogP contribution in [0.5, 0.6) is 0 Å². The first-order valence-corrected chi connectivity index (χ1v) is 10.8. The molecule has 0 spiro atoms. The van der Waals surface area contributed by atoms with E-state index < -0.39 is 18.0 Å². The highest BCUT2D eigenvalue weighted by Gasteiger charge is 2.34. The molecular weight excluding hydrogens is 428 g/mol. The number of nitrogens with two attached hydrogens (primary N) is 1. The zero-order chi connectivity index (χ0) is 21.3. The Balaban J connectivity index is 1.58. The van der Waals surface area contributed by atoms with Crippen molar-refractivity contribution < 1.29 is 19.1 Å². The molecule has 10 heteroatoms. The molecule has 1 fully saturated rings. The molecule has 30 heavy (non-hydrogen) atoms. The standard InChI is InChI=1S/C20H21ClN4O4S/c21-11-4-6-12(7-5-11)23-18(27)16-13-2-1-3-15(13)30-19(16)24-17(26)14-10-29-9-8-25(14)20(22)28/h4-7,14H,1-3,8-10H2,(H2,22,28)(H,23,27)(H,24,26). The highest BCUT2D eigenvalue weighted by atomic mass is 35.5. The maximum Gasteiger partial charge on any atom is 0.315 e. The lowest BCUT2D eigenvalue weighted by atomic mass is 10.1. The van der Waals surface area contributed by atoms with E-state index in [-0.39, 0.29) is 19.1 Å². The largest absolute Gasteiger partial charge is 0.377 e. The molecule has 2 aromatic rings. The van der Waals surface area contributed by atoms with Crippen LogP contribution in [0.15, 0.2) is 24.3 Å². The minimum Gasteiger partial charge on any atom is -0.377 e. The van der Waals surface area contributed by atoms with E-state index in [1.807, 2.05) is 0 Å². The summed E-state index contributed by atoms with van der Waals surface area (Å²) in [6, 6.07) is 5.32. The van der Waals surface area contributed by atoms with Gasteiger partial charge in [0.15, 0.2) is 0 Å². The fourth-order valence-corrected chi connectivity index (χ4v) is 5.15. The van der Waals surface area contributed by atoms with E-state index in [4.69, 9.17) is 22.1 Å². The number of benzene rings is 1. The molecular formula is C20H21ClN4O4S. The lowest BCUT2D eigenvalue weighted by Crippen LogP contribution is -2.55. The molecule has 0 bridgehead atoms. The van der Waals surface area contributed by atoms with Crippen LogP contribution in [0.4, 0.5) is 15.5 Å². The van der Waals surface area contributed by atoms with Crippen molar-refractivity contribution >= 4 is 51.5 Å². The summed E-state index contributed by atoms with van der Waals surface area (Å²) in [6.45, 7) is 0.638. The van der Waals surface area contributed by atoms with Crippen molar-refractivity contribution in [3.8, 4) is 0 Å². The third kappa shape index (κ3) is 4.14. The molecule has 2 aliphatic rings. The molecule has 4 amide bonds. The predicted octanol–water partition coefficient (Wildman–Crippen LogP) is 2.86. The first-order valence-electron chi connectivity index (χ1n) is 9.60. The number of nitrogens with zero attached hydrogens (tertiary/aromatic N) is 1. The van der Waals surface area contributed by atoms with E-state index in [0.717, 1.165) is 29.7 Å². The topological polar surface area (TPSA) is 114 Å². The third-order valence-electron chi connectivity index (χ3n) is 5.20. The van der Waals surface area contributed by atoms with Gasteiger partial charge < -0.3 is 26.0 Å². The summed E-state index contributed by atoms with van der Waals surface area (Å²) in [6.07, 6.45) is 2.63. The van der Waals surface area contributed by atoms with Gasteiger partial charge in [-0.1, -0.05) is 11.6 Å². The summed E-state index contributed by atoms with van der Waals surface area (Å²) in [5.74, 6) is -0.715. The maximum absolute atomic E-state index is 13.1. The second-order valence-corrected chi connectivity index (χ2v) is 8.68. The number of amides is 4. The van der Waals surface area contributed by atoms with Crippen LogP contribution in [0.1, 0.15) is 27.2 Å². The van der Waals surface area contributed by atoms with Crippen molar-refractivity contribution in [3.05, 3.63) is 45.3 Å². The van der Waals surface area contributed by atoms with Gasteiger partial charge >= 0.3 is 6.03 Å². The van der Waals surface area contributed by atoms with E-state index in [9.17, 15) is 14.4 Å². The average Bonchev–Trinajstić information content (AvgIpc) is 3.30. The number of anilines is 2. The van der Waals surface area contributed by atoms with Crippen LogP contribution < -0.4 is 16.4 Å². The SMILES string of the molecule is NC(=O)N1CCOCC1C(=O)Nc1sc2c(c1C(=O)Nc1ccc(Cl)cc1)CCC2. The van der Waals surface area contributed by atoms with Gasteiger partial charge in [-0.25, -0.2) is 4.79 Å². The van der Waals surface area contributed by atoms with Crippen molar-refractivity contribution in [1.82, 2.24) is 4.90 Å². The van der Waals surface area contributed by atoms with Gasteiger partial charge in [0.25, 0.3) is 5.91 Å². The number of hydrogen-bond acceptors (Lipinski definition) is 5. The molecule has 8 nitrogen and oxygen atoms in total. The van der Waals surface area contributed by atoms with E-state index in [1.165, 1.54) is 16.2 Å². The molecule has 1 aromatic carbocycles. The first-order chi connectivity index (χ1) is 14.4. The number of thiophene rings is 1. The van der Waals surface area contributed by atoms with Gasteiger partial charge in [-0.15, -0.1) is 11.3 Å². The molecule has 1 aromatic heterocycles. The molecule has 1 atom stereocenters. The number of morpholine rings is 1. The van der Waals surface area contributed by atoms with Gasteiger partial charge in [-0.2, -0.15) is 0 Å². The first kappa shape index (κ1) is 20.6. The Morgan fingerprint density at radius 2 is 1.93 bits per heavy atom. The highest BCUT2D eigenvalue weighted by Crippen LogP contribution is 2.39. The summed E-state index contributed by atoms with van der Waals surface area (Å²) < 4.78 is 5.35. The minimum atomic E-state index is -0.833. The molecule has 1 aliphatic carbocycles. The zero-order valence-corrected chi connectivity index (χ0v) is 17.6. The van der Waals surface area contributed by atoms with E-state index in [2.05, 4.69) is 10.6 Å². The quantitative estimate of drug-likeness (QED) is 0.667. The molecule has 2 heterocycles. The number of ether oxygens (including phenoxy) is 1. The van der Waals surface area contributed by atoms with Gasteiger partial charge in [0, 0.05) is 22.1 Å². The van der Waals surface area contributed by atoms with Crippen molar-refractivity contribution in [2.45, 2.75) is 25.3 Å². The zero-order valence-electron chi connectivity index (χ0n) is 16.1. The Morgan fingerprint density at radius 3 is 2.67 bits per heavy atom. The summed E-state index contributed by atoms with van der Waals surface area (Å²) in [5.41, 5.74) is 7.45. The van der Waals surface area contributed by atoms with E-state index in [1.54, 1.807) is 24.3 Å². The van der Waals surface area contributed by atoms with Crippen LogP contribution in [0.25, 0.3) is 0 Å². The Labute approximate surface area is 182 Å².